The lowest BCUT2D eigenvalue weighted by molar-refractivity contribution is -0.143. The van der Waals surface area contributed by atoms with Gasteiger partial charge in [0.05, 0.1) is 12.5 Å². The largest absolute Gasteiger partial charge is 0.497 e. The van der Waals surface area contributed by atoms with E-state index in [1.807, 2.05) is 12.1 Å². The van der Waals surface area contributed by atoms with Crippen LogP contribution in [-0.2, 0) is 9.59 Å². The molecule has 0 radical (unpaired) electrons. The molecule has 20 heavy (non-hydrogen) atoms. The molecule has 0 heterocycles. The minimum absolute atomic E-state index is 0.189. The fourth-order valence-electron chi connectivity index (χ4n) is 1.82. The Labute approximate surface area is 117 Å². The van der Waals surface area contributed by atoms with E-state index >= 15 is 0 Å². The Bertz CT molecular complexity index is 529. The third-order valence-corrected chi connectivity index (χ3v) is 3.45. The van der Waals surface area contributed by atoms with E-state index in [2.05, 4.69) is 5.32 Å². The predicted octanol–water partition coefficient (Wildman–Crippen LogP) is 1.69. The molecule has 0 unspecified atom stereocenters. The summed E-state index contributed by atoms with van der Waals surface area (Å²) in [5, 5.41) is 11.6. The summed E-state index contributed by atoms with van der Waals surface area (Å²) in [6.45, 7) is 0.189. The molecule has 5 heteroatoms. The quantitative estimate of drug-likeness (QED) is 0.775. The SMILES string of the molecule is COc1ccc(/C=C/C(=O)NCC2(C(=O)O)CC2)cc1. The highest BCUT2D eigenvalue weighted by atomic mass is 16.5. The smallest absolute Gasteiger partial charge is 0.311 e. The molecule has 1 aliphatic rings. The first-order valence-corrected chi connectivity index (χ1v) is 6.39. The summed E-state index contributed by atoms with van der Waals surface area (Å²) in [6.07, 6.45) is 4.34. The van der Waals surface area contributed by atoms with Crippen molar-refractivity contribution in [1.29, 1.82) is 0 Å². The maximum atomic E-state index is 11.6. The minimum Gasteiger partial charge on any atom is -0.497 e. The van der Waals surface area contributed by atoms with Gasteiger partial charge in [-0.15, -0.1) is 0 Å². The fraction of sp³-hybridized carbons (Fsp3) is 0.333. The topological polar surface area (TPSA) is 75.6 Å². The molecule has 0 aliphatic heterocycles. The van der Waals surface area contributed by atoms with Crippen LogP contribution in [0.2, 0.25) is 0 Å². The maximum Gasteiger partial charge on any atom is 0.311 e. The summed E-state index contributed by atoms with van der Waals surface area (Å²) in [7, 11) is 1.59. The van der Waals surface area contributed by atoms with E-state index < -0.39 is 11.4 Å². The third kappa shape index (κ3) is 3.38. The monoisotopic (exact) mass is 275 g/mol. The second kappa shape index (κ2) is 5.77. The van der Waals surface area contributed by atoms with Crippen LogP contribution in [0.1, 0.15) is 18.4 Å². The van der Waals surface area contributed by atoms with E-state index in [0.29, 0.717) is 12.8 Å². The first-order valence-electron chi connectivity index (χ1n) is 6.39. The Morgan fingerprint density at radius 2 is 2.00 bits per heavy atom. The first-order chi connectivity index (χ1) is 9.55. The molecule has 1 aromatic rings. The summed E-state index contributed by atoms with van der Waals surface area (Å²) in [4.78, 5) is 22.6. The predicted molar refractivity (Wildman–Crippen MR) is 74.3 cm³/mol. The summed E-state index contributed by atoms with van der Waals surface area (Å²) >= 11 is 0. The highest BCUT2D eigenvalue weighted by molar-refractivity contribution is 5.92. The van der Waals surface area contributed by atoms with Gasteiger partial charge in [-0.2, -0.15) is 0 Å². The molecule has 2 N–H and O–H groups in total. The van der Waals surface area contributed by atoms with Gasteiger partial charge in [0.2, 0.25) is 5.91 Å². The number of nitrogens with one attached hydrogen (secondary N) is 1. The Morgan fingerprint density at radius 3 is 2.50 bits per heavy atom. The summed E-state index contributed by atoms with van der Waals surface area (Å²) < 4.78 is 5.04. The summed E-state index contributed by atoms with van der Waals surface area (Å²) in [6, 6.07) is 7.28. The van der Waals surface area contributed by atoms with E-state index in [9.17, 15) is 9.59 Å². The van der Waals surface area contributed by atoms with E-state index in [1.165, 1.54) is 6.08 Å². The van der Waals surface area contributed by atoms with Crippen LogP contribution >= 0.6 is 0 Å². The second-order valence-corrected chi connectivity index (χ2v) is 4.91. The zero-order chi connectivity index (χ0) is 14.6. The molecule has 106 valence electrons. The third-order valence-electron chi connectivity index (χ3n) is 3.45. The first kappa shape index (κ1) is 14.1. The summed E-state index contributed by atoms with van der Waals surface area (Å²) in [5.74, 6) is -0.367. The van der Waals surface area contributed by atoms with Crippen molar-refractivity contribution in [2.24, 2.45) is 5.41 Å². The average Bonchev–Trinajstić information content (AvgIpc) is 3.25. The van der Waals surface area contributed by atoms with Crippen molar-refractivity contribution in [2.45, 2.75) is 12.8 Å². The highest BCUT2D eigenvalue weighted by Gasteiger charge is 2.50. The Balaban J connectivity index is 1.84. The van der Waals surface area contributed by atoms with Crippen LogP contribution in [0, 0.1) is 5.41 Å². The van der Waals surface area contributed by atoms with Crippen LogP contribution in [-0.4, -0.2) is 30.6 Å². The van der Waals surface area contributed by atoms with Gasteiger partial charge in [-0.25, -0.2) is 0 Å². The molecule has 5 nitrogen and oxygen atoms in total. The number of carbonyl (C=O) groups excluding carboxylic acids is 1. The number of methoxy groups -OCH3 is 1. The number of ether oxygens (including phenoxy) is 1. The van der Waals surface area contributed by atoms with Crippen LogP contribution in [0.3, 0.4) is 0 Å². The van der Waals surface area contributed by atoms with Crippen molar-refractivity contribution in [3.8, 4) is 5.75 Å². The number of amides is 1. The molecule has 1 amide bonds. The standard InChI is InChI=1S/C15H17NO4/c1-20-12-5-2-11(3-6-12)4-7-13(17)16-10-15(8-9-15)14(18)19/h2-7H,8-10H2,1H3,(H,16,17)(H,18,19)/b7-4+. The molecular formula is C15H17NO4. The van der Waals surface area contributed by atoms with Gasteiger partial charge in [0.15, 0.2) is 0 Å². The number of hydrogen-bond acceptors (Lipinski definition) is 3. The van der Waals surface area contributed by atoms with Crippen LogP contribution in [0.5, 0.6) is 5.75 Å². The van der Waals surface area contributed by atoms with Crippen LogP contribution in [0.4, 0.5) is 0 Å². The Hall–Kier alpha value is -2.30. The number of hydrogen-bond donors (Lipinski definition) is 2. The average molecular weight is 275 g/mol. The molecule has 1 aliphatic carbocycles. The van der Waals surface area contributed by atoms with Crippen molar-refractivity contribution in [3.63, 3.8) is 0 Å². The lowest BCUT2D eigenvalue weighted by Crippen LogP contribution is -2.33. The Kier molecular flexibility index (Phi) is 4.08. The highest BCUT2D eigenvalue weighted by Crippen LogP contribution is 2.45. The minimum atomic E-state index is -0.836. The lowest BCUT2D eigenvalue weighted by atomic mass is 10.1. The molecule has 1 saturated carbocycles. The molecule has 2 rings (SSSR count). The molecule has 0 saturated heterocycles. The van der Waals surface area contributed by atoms with Gasteiger partial charge in [0, 0.05) is 12.6 Å². The van der Waals surface area contributed by atoms with Gasteiger partial charge >= 0.3 is 5.97 Å². The molecular weight excluding hydrogens is 258 g/mol. The normalized spacial score (nSPS) is 15.8. The van der Waals surface area contributed by atoms with E-state index in [-0.39, 0.29) is 12.5 Å². The molecule has 1 aromatic carbocycles. The van der Waals surface area contributed by atoms with Gasteiger partial charge in [-0.3, -0.25) is 9.59 Å². The number of rotatable bonds is 6. The molecule has 0 spiro atoms. The van der Waals surface area contributed by atoms with Gasteiger partial charge < -0.3 is 15.2 Å². The maximum absolute atomic E-state index is 11.6. The molecule has 0 bridgehead atoms. The second-order valence-electron chi connectivity index (χ2n) is 4.91. The van der Waals surface area contributed by atoms with Crippen molar-refractivity contribution in [1.82, 2.24) is 5.32 Å². The number of benzene rings is 1. The summed E-state index contributed by atoms with van der Waals surface area (Å²) in [5.41, 5.74) is 0.143. The number of carbonyl (C=O) groups is 2. The van der Waals surface area contributed by atoms with Gasteiger partial charge in [-0.05, 0) is 36.6 Å². The van der Waals surface area contributed by atoms with Gasteiger partial charge in [-0.1, -0.05) is 12.1 Å². The van der Waals surface area contributed by atoms with Crippen LogP contribution in [0.15, 0.2) is 30.3 Å². The van der Waals surface area contributed by atoms with E-state index in [1.54, 1.807) is 25.3 Å². The zero-order valence-corrected chi connectivity index (χ0v) is 11.3. The lowest BCUT2D eigenvalue weighted by Gasteiger charge is -2.09. The van der Waals surface area contributed by atoms with E-state index in [4.69, 9.17) is 9.84 Å². The molecule has 0 atom stereocenters. The van der Waals surface area contributed by atoms with Gasteiger partial charge in [0.25, 0.3) is 0 Å². The fourth-order valence-corrected chi connectivity index (χ4v) is 1.82. The number of carboxylic acid groups (broad SMARTS) is 1. The van der Waals surface area contributed by atoms with E-state index in [0.717, 1.165) is 11.3 Å². The Morgan fingerprint density at radius 1 is 1.35 bits per heavy atom. The van der Waals surface area contributed by atoms with Crippen molar-refractivity contribution >= 4 is 18.0 Å². The zero-order valence-electron chi connectivity index (χ0n) is 11.3. The van der Waals surface area contributed by atoms with Crippen molar-refractivity contribution in [2.75, 3.05) is 13.7 Å². The molecule has 1 fully saturated rings. The van der Waals surface area contributed by atoms with Crippen LogP contribution < -0.4 is 10.1 Å². The van der Waals surface area contributed by atoms with Crippen molar-refractivity contribution in [3.05, 3.63) is 35.9 Å². The van der Waals surface area contributed by atoms with Crippen LogP contribution in [0.25, 0.3) is 6.08 Å². The van der Waals surface area contributed by atoms with Crippen molar-refractivity contribution < 1.29 is 19.4 Å². The number of carboxylic acids is 1. The van der Waals surface area contributed by atoms with Gasteiger partial charge in [0.1, 0.15) is 5.75 Å². The number of aliphatic carboxylic acids is 1. The molecule has 0 aromatic heterocycles.